The minimum atomic E-state index is -0.798. The number of likely N-dealkylation sites (tertiary alicyclic amines) is 4. The summed E-state index contributed by atoms with van der Waals surface area (Å²) in [4.78, 5) is 125. The van der Waals surface area contributed by atoms with E-state index in [1.54, 1.807) is 55.1 Å². The van der Waals surface area contributed by atoms with Gasteiger partial charge in [-0.25, -0.2) is 17.6 Å². The van der Waals surface area contributed by atoms with E-state index in [9.17, 15) is 67.6 Å². The lowest BCUT2D eigenvalue weighted by atomic mass is 9.76. The Labute approximate surface area is 761 Å². The number of likely N-dealkylation sites (N-methyl/N-ethyl adjacent to an activating group) is 2. The summed E-state index contributed by atoms with van der Waals surface area (Å²) in [6.45, 7) is 28.0. The quantitative estimate of drug-likeness (QED) is 0.0167. The smallest absolute Gasteiger partial charge is 0.245 e. The average Bonchev–Trinajstić information content (AvgIpc) is 1.59. The third-order valence-electron chi connectivity index (χ3n) is 28.3. The van der Waals surface area contributed by atoms with E-state index in [-0.39, 0.29) is 142 Å². The summed E-state index contributed by atoms with van der Waals surface area (Å²) in [5, 5.41) is 57.2. The van der Waals surface area contributed by atoms with Gasteiger partial charge in [0.1, 0.15) is 46.9 Å². The van der Waals surface area contributed by atoms with Crippen LogP contribution in [0.15, 0.2) is 102 Å². The maximum absolute atomic E-state index is 15.2. The van der Waals surface area contributed by atoms with Gasteiger partial charge >= 0.3 is 0 Å². The first-order valence-electron chi connectivity index (χ1n) is 47.0. The minimum Gasteiger partial charge on any atom is -0.395 e. The molecule has 3 aromatic heterocycles. The molecule has 24 nitrogen and oxygen atoms in total. The summed E-state index contributed by atoms with van der Waals surface area (Å²) in [5.41, 5.74) is 8.80. The maximum Gasteiger partial charge on any atom is 0.245 e. The number of hydrogen-bond donors (Lipinski definition) is 9. The molecule has 4 fully saturated rings. The number of aromatic nitrogens is 3. The Bertz CT molecular complexity index is 5290. The van der Waals surface area contributed by atoms with Gasteiger partial charge in [-0.05, 0) is 229 Å². The van der Waals surface area contributed by atoms with Crippen LogP contribution in [-0.2, 0) is 70.7 Å². The monoisotopic (exact) mass is 1800 g/mol. The van der Waals surface area contributed by atoms with E-state index in [1.807, 2.05) is 133 Å². The van der Waals surface area contributed by atoms with E-state index in [1.165, 1.54) is 48.5 Å². The van der Waals surface area contributed by atoms with Gasteiger partial charge in [-0.1, -0.05) is 113 Å². The largest absolute Gasteiger partial charge is 0.395 e. The number of amides is 6. The van der Waals surface area contributed by atoms with Crippen molar-refractivity contribution in [3.63, 3.8) is 0 Å². The first-order valence-corrected chi connectivity index (χ1v) is 47.0. The molecule has 130 heavy (non-hydrogen) atoms. The second kappa shape index (κ2) is 42.3. The van der Waals surface area contributed by atoms with Crippen LogP contribution in [0, 0.1) is 57.8 Å². The van der Waals surface area contributed by atoms with Crippen LogP contribution >= 0.6 is 0 Å². The van der Waals surface area contributed by atoms with E-state index in [4.69, 9.17) is 4.99 Å². The van der Waals surface area contributed by atoms with Gasteiger partial charge < -0.3 is 75.4 Å². The number of ketones is 2. The average molecular weight is 1800 g/mol. The van der Waals surface area contributed by atoms with Gasteiger partial charge in [0.2, 0.25) is 35.4 Å². The Kier molecular flexibility index (Phi) is 32.2. The lowest BCUT2D eigenvalue weighted by molar-refractivity contribution is -0.143. The number of aliphatic imine (C=N–C) groups is 1. The Morgan fingerprint density at radius 1 is 0.515 bits per heavy atom. The summed E-state index contributed by atoms with van der Waals surface area (Å²) in [5.74, 6) is -4.93. The minimum absolute atomic E-state index is 0.0126. The molecule has 8 aromatic rings. The maximum atomic E-state index is 15.2. The molecule has 5 aliphatic rings. The van der Waals surface area contributed by atoms with Crippen LogP contribution in [0.3, 0.4) is 0 Å². The Balaban J connectivity index is 0.000000241. The number of rotatable bonds is 35. The molecule has 6 amide bonds. The highest BCUT2D eigenvalue weighted by molar-refractivity contribution is 6.13. The van der Waals surface area contributed by atoms with E-state index >= 15 is 8.78 Å². The highest BCUT2D eigenvalue weighted by Gasteiger charge is 2.47. The molecule has 9 N–H and O–H groups in total. The Morgan fingerprint density at radius 2 is 0.985 bits per heavy atom. The van der Waals surface area contributed by atoms with Gasteiger partial charge in [-0.2, -0.15) is 0 Å². The molecule has 0 radical (unpaired) electrons. The number of aromatic amines is 1. The fourth-order valence-electron chi connectivity index (χ4n) is 20.1. The second-order valence-corrected chi connectivity index (χ2v) is 39.1. The first-order chi connectivity index (χ1) is 61.8. The summed E-state index contributed by atoms with van der Waals surface area (Å²) >= 11 is 0. The van der Waals surface area contributed by atoms with Crippen LogP contribution in [0.4, 0.5) is 23.2 Å². The number of carbonyl (C=O) groups excluding carboxylic acids is 8. The molecular weight excluding hydrogens is 1660 g/mol. The number of halogens is 4. The molecule has 4 saturated heterocycles. The van der Waals surface area contributed by atoms with Crippen molar-refractivity contribution in [1.29, 1.82) is 0 Å². The molecule has 8 heterocycles. The number of Topliss-reactive ketones (excluding diaryl/α,β-unsaturated/α-hetero) is 2. The van der Waals surface area contributed by atoms with Gasteiger partial charge in [-0.3, -0.25) is 43.3 Å². The van der Waals surface area contributed by atoms with Crippen molar-refractivity contribution < 1.29 is 76.3 Å². The molecule has 28 heteroatoms. The van der Waals surface area contributed by atoms with E-state index < -0.39 is 94.3 Å². The van der Waals surface area contributed by atoms with Crippen molar-refractivity contribution >= 4 is 91.1 Å². The Morgan fingerprint density at radius 3 is 1.48 bits per heavy atom. The molecule has 0 saturated carbocycles. The summed E-state index contributed by atoms with van der Waals surface area (Å²) in [6.07, 6.45) is 5.89. The molecule has 5 aromatic carbocycles. The van der Waals surface area contributed by atoms with Crippen molar-refractivity contribution in [2.24, 2.45) is 39.5 Å². The zero-order chi connectivity index (χ0) is 94.4. The first kappa shape index (κ1) is 99.1. The third kappa shape index (κ3) is 21.5. The Hall–Kier alpha value is -9.97. The fourth-order valence-corrected chi connectivity index (χ4v) is 20.1. The zero-order valence-corrected chi connectivity index (χ0v) is 78.6. The molecule has 15 atom stereocenters. The van der Waals surface area contributed by atoms with Crippen LogP contribution in [0.25, 0.3) is 55.2 Å². The summed E-state index contributed by atoms with van der Waals surface area (Å²) in [6, 6.07) is 22.7. The number of β-amino-alcohol motifs (C(OH)–C–C–N with tert-alkyl or cyclic N) is 2. The lowest BCUT2D eigenvalue weighted by Crippen LogP contribution is -2.56. The van der Waals surface area contributed by atoms with E-state index in [0.29, 0.717) is 103 Å². The predicted molar refractivity (Wildman–Crippen MR) is 499 cm³/mol. The molecule has 5 aliphatic heterocycles. The normalized spacial score (nSPS) is 20.7. The number of aliphatic hydroxyl groups excluding tert-OH is 4. The summed E-state index contributed by atoms with van der Waals surface area (Å²) < 4.78 is 63.9. The molecule has 0 spiro atoms. The SMILES string of the molecule is CC[C@@H](C)C(=O)N[C@H](C(=O)N1CCC[C@H]1Cc1c(-c2ccc(-c3c(C[C@@H]4CCCN4C(=O)[C@@H](CC(=O)[C@H](C)NC)C(C)(C)C)c4ccc(F)cc4n3CCO)cc2)n(CCO)c2cc(F)ccc12)C(C)(C)C.CC[C@H](CC(=O)[C@H](C)NC)C(=O)N1C[C@@H](O)C[C@H]1CC1C(c2[nH]c3cc(F)ccc3c2C[C@@H]2C[C@H](O)CN2C(=O)[C@H](CC)NC(=O)[C@H](C)CC)=Nc2cc(F)ccc21. The van der Waals surface area contributed by atoms with Crippen LogP contribution in [0.5, 0.6) is 0 Å². The number of aliphatic hydroxyl groups is 4. The van der Waals surface area contributed by atoms with Gasteiger partial charge in [-0.15, -0.1) is 0 Å². The van der Waals surface area contributed by atoms with Crippen LogP contribution in [-0.4, -0.2) is 221 Å². The van der Waals surface area contributed by atoms with Crippen molar-refractivity contribution in [2.45, 2.75) is 279 Å². The number of H-pyrrole nitrogens is 1. The number of nitrogens with zero attached hydrogens (tertiary/aromatic N) is 7. The molecular formula is C102H136F4N12O12. The van der Waals surface area contributed by atoms with Crippen molar-refractivity contribution in [1.82, 2.24) is 55.0 Å². The molecule has 0 bridgehead atoms. The van der Waals surface area contributed by atoms with E-state index in [2.05, 4.69) is 26.3 Å². The highest BCUT2D eigenvalue weighted by atomic mass is 19.1. The fraction of sp³-hybridized carbons (Fsp3) is 0.559. The number of fused-ring (bicyclic) bond motifs is 4. The van der Waals surface area contributed by atoms with Crippen LogP contribution in [0.2, 0.25) is 0 Å². The molecule has 0 aliphatic carbocycles. The van der Waals surface area contributed by atoms with Gasteiger partial charge in [0.15, 0.2) is 0 Å². The molecule has 1 unspecified atom stereocenters. The van der Waals surface area contributed by atoms with Crippen LogP contribution in [0.1, 0.15) is 214 Å². The van der Waals surface area contributed by atoms with E-state index in [0.717, 1.165) is 81.2 Å². The molecule has 704 valence electrons. The number of benzene rings is 5. The standard InChI is InChI=1S/C58H78F2N6O6.C44H58F2N6O6/c1-11-35(2)54(70)62-53(58(7,8)9)56(72)64-25-13-15-42(64)33-46-44-23-21-40(60)31-49(44)66(27-29-68)52(46)38-18-16-37(17-19-38)51-45(43-22-20-39(59)30-48(43)65(51)26-28-67)32-41-14-12-24-63(41)55(71)47(57(4,5)6)34-50(69)36(3)61-10;1-7-23(4)42(56)50-36(9-3)44(58)52-22-31(54)18-29(52)20-35-33-13-11-27(46)16-38(33)49-41(35)40-34(32-12-10-26(45)15-37(32)48-40)19-28-17-30(53)21-51(28)43(57)25(8-2)14-39(55)24(5)47-6/h16-23,30-31,35-36,41-42,47,53,61,67-68H,11-15,24-29,32-34H2,1-10H3,(H,62,70);10-13,15-16,23-25,28-31,34,36,47,49,53-54H,7-9,14,17-22H2,1-6H3,(H,50,56)/t35-,36+,41+,42+,47-,53-;23-,24+,25-,28+,29+,30+,31+,34?,36+/m11/s1. The highest BCUT2D eigenvalue weighted by Crippen LogP contribution is 2.47. The summed E-state index contributed by atoms with van der Waals surface area (Å²) in [7, 11) is 3.44. The van der Waals surface area contributed by atoms with Crippen molar-refractivity contribution in [3.8, 4) is 22.5 Å². The van der Waals surface area contributed by atoms with Gasteiger partial charge in [0.05, 0.1) is 77.0 Å². The van der Waals surface area contributed by atoms with Crippen molar-refractivity contribution in [2.75, 3.05) is 53.5 Å². The number of nitrogens with one attached hydrogen (secondary N) is 5. The number of hydrogen-bond acceptors (Lipinski definition) is 15. The zero-order valence-electron chi connectivity index (χ0n) is 78.6. The topological polar surface area (TPSA) is 317 Å². The van der Waals surface area contributed by atoms with Gasteiger partial charge in [0.25, 0.3) is 0 Å². The molecule has 13 rings (SSSR count). The predicted octanol–water partition coefficient (Wildman–Crippen LogP) is 14.1. The number of carbonyl (C=O) groups is 8. The van der Waals surface area contributed by atoms with Gasteiger partial charge in [0, 0.05) is 128 Å². The second-order valence-electron chi connectivity index (χ2n) is 39.1. The lowest BCUT2D eigenvalue weighted by Gasteiger charge is -2.36. The van der Waals surface area contributed by atoms with Crippen molar-refractivity contribution in [3.05, 3.63) is 148 Å². The third-order valence-corrected chi connectivity index (χ3v) is 28.3. The van der Waals surface area contributed by atoms with Crippen LogP contribution < -0.4 is 21.3 Å².